The van der Waals surface area contributed by atoms with Crippen LogP contribution in [0.25, 0.3) is 0 Å². The zero-order valence-electron chi connectivity index (χ0n) is 7.21. The molecule has 0 aliphatic carbocycles. The van der Waals surface area contributed by atoms with Crippen LogP contribution in [0, 0.1) is 5.82 Å². The molecule has 0 fully saturated rings. The van der Waals surface area contributed by atoms with Gasteiger partial charge in [-0.15, -0.1) is 0 Å². The van der Waals surface area contributed by atoms with E-state index in [-0.39, 0.29) is 18.2 Å². The SMILES string of the molecule is COCC(=O)Nc1ccccc1F. The molecule has 0 saturated heterocycles. The van der Waals surface area contributed by atoms with Crippen molar-refractivity contribution in [2.45, 2.75) is 0 Å². The van der Waals surface area contributed by atoms with Crippen molar-refractivity contribution in [3.8, 4) is 0 Å². The lowest BCUT2D eigenvalue weighted by atomic mass is 10.3. The third kappa shape index (κ3) is 2.83. The van der Waals surface area contributed by atoms with Gasteiger partial charge in [-0.1, -0.05) is 12.1 Å². The van der Waals surface area contributed by atoms with Crippen LogP contribution in [0.2, 0.25) is 0 Å². The Morgan fingerprint density at radius 3 is 2.85 bits per heavy atom. The highest BCUT2D eigenvalue weighted by molar-refractivity contribution is 5.91. The minimum absolute atomic E-state index is 0.0751. The van der Waals surface area contributed by atoms with Crippen molar-refractivity contribution < 1.29 is 13.9 Å². The highest BCUT2D eigenvalue weighted by Crippen LogP contribution is 2.11. The molecule has 3 nitrogen and oxygen atoms in total. The van der Waals surface area contributed by atoms with Crippen molar-refractivity contribution in [3.05, 3.63) is 30.1 Å². The van der Waals surface area contributed by atoms with E-state index in [2.05, 4.69) is 10.1 Å². The summed E-state index contributed by atoms with van der Waals surface area (Å²) in [5.41, 5.74) is 0.171. The average molecular weight is 183 g/mol. The van der Waals surface area contributed by atoms with Crippen LogP contribution in [0.3, 0.4) is 0 Å². The number of hydrogen-bond donors (Lipinski definition) is 1. The minimum atomic E-state index is -0.452. The number of hydrogen-bond acceptors (Lipinski definition) is 2. The summed E-state index contributed by atoms with van der Waals surface area (Å²) in [5.74, 6) is -0.820. The number of amides is 1. The Hall–Kier alpha value is -1.42. The highest BCUT2D eigenvalue weighted by Gasteiger charge is 2.04. The van der Waals surface area contributed by atoms with Gasteiger partial charge in [0.2, 0.25) is 5.91 Å². The third-order valence-electron chi connectivity index (χ3n) is 1.42. The number of para-hydroxylation sites is 1. The van der Waals surface area contributed by atoms with Crippen molar-refractivity contribution in [2.75, 3.05) is 19.0 Å². The van der Waals surface area contributed by atoms with Crippen molar-refractivity contribution in [3.63, 3.8) is 0 Å². The van der Waals surface area contributed by atoms with E-state index in [0.29, 0.717) is 0 Å². The lowest BCUT2D eigenvalue weighted by Crippen LogP contribution is -2.17. The standard InChI is InChI=1S/C9H10FNO2/c1-13-6-9(12)11-8-5-3-2-4-7(8)10/h2-5H,6H2,1H3,(H,11,12). The number of carbonyl (C=O) groups is 1. The molecule has 0 radical (unpaired) electrons. The molecule has 0 heterocycles. The number of halogens is 1. The first-order valence-electron chi connectivity index (χ1n) is 3.77. The van der Waals surface area contributed by atoms with E-state index < -0.39 is 5.82 Å². The van der Waals surface area contributed by atoms with Crippen LogP contribution >= 0.6 is 0 Å². The second-order valence-corrected chi connectivity index (χ2v) is 2.46. The fraction of sp³-hybridized carbons (Fsp3) is 0.222. The lowest BCUT2D eigenvalue weighted by Gasteiger charge is -2.04. The second-order valence-electron chi connectivity index (χ2n) is 2.46. The number of anilines is 1. The molecule has 0 aliphatic heterocycles. The molecule has 1 aromatic rings. The summed E-state index contributed by atoms with van der Waals surface area (Å²) in [6.45, 7) is -0.0751. The fourth-order valence-corrected chi connectivity index (χ4v) is 0.880. The third-order valence-corrected chi connectivity index (χ3v) is 1.42. The molecule has 1 N–H and O–H groups in total. The number of rotatable bonds is 3. The maximum atomic E-state index is 12.9. The predicted octanol–water partition coefficient (Wildman–Crippen LogP) is 1.41. The van der Waals surface area contributed by atoms with E-state index >= 15 is 0 Å². The second kappa shape index (κ2) is 4.57. The molecule has 0 aliphatic rings. The summed E-state index contributed by atoms with van der Waals surface area (Å²) in [4.78, 5) is 11.0. The molecular formula is C9H10FNO2. The van der Waals surface area contributed by atoms with Gasteiger partial charge in [-0.05, 0) is 12.1 Å². The van der Waals surface area contributed by atoms with Crippen LogP contribution in [0.15, 0.2) is 24.3 Å². The van der Waals surface area contributed by atoms with Gasteiger partial charge in [0, 0.05) is 7.11 Å². The first kappa shape index (κ1) is 9.67. The van der Waals surface area contributed by atoms with Crippen molar-refractivity contribution in [1.29, 1.82) is 0 Å². The summed E-state index contributed by atoms with van der Waals surface area (Å²) in [5, 5.41) is 2.37. The summed E-state index contributed by atoms with van der Waals surface area (Å²) in [6, 6.07) is 5.97. The van der Waals surface area contributed by atoms with Crippen LogP contribution in [0.1, 0.15) is 0 Å². The number of benzene rings is 1. The first-order chi connectivity index (χ1) is 6.24. The van der Waals surface area contributed by atoms with Crippen molar-refractivity contribution in [1.82, 2.24) is 0 Å². The van der Waals surface area contributed by atoms with Crippen LogP contribution < -0.4 is 5.32 Å². The molecule has 4 heteroatoms. The maximum absolute atomic E-state index is 12.9. The van der Waals surface area contributed by atoms with Gasteiger partial charge >= 0.3 is 0 Å². The molecule has 1 aromatic carbocycles. The lowest BCUT2D eigenvalue weighted by molar-refractivity contribution is -0.119. The molecule has 13 heavy (non-hydrogen) atoms. The van der Waals surface area contributed by atoms with E-state index in [1.807, 2.05) is 0 Å². The summed E-state index contributed by atoms with van der Waals surface area (Å²) >= 11 is 0. The van der Waals surface area contributed by atoms with Crippen LogP contribution in [-0.2, 0) is 9.53 Å². The van der Waals surface area contributed by atoms with Crippen molar-refractivity contribution in [2.24, 2.45) is 0 Å². The van der Waals surface area contributed by atoms with E-state index in [0.717, 1.165) is 0 Å². The Bertz CT molecular complexity index is 301. The van der Waals surface area contributed by atoms with Crippen LogP contribution in [-0.4, -0.2) is 19.6 Å². The van der Waals surface area contributed by atoms with E-state index in [4.69, 9.17) is 0 Å². The normalized spacial score (nSPS) is 9.69. The molecular weight excluding hydrogens is 173 g/mol. The van der Waals surface area contributed by atoms with Gasteiger partial charge in [0.05, 0.1) is 5.69 Å². The molecule has 70 valence electrons. The van der Waals surface area contributed by atoms with Gasteiger partial charge in [-0.3, -0.25) is 4.79 Å². The van der Waals surface area contributed by atoms with Gasteiger partial charge in [-0.2, -0.15) is 0 Å². The molecule has 0 aromatic heterocycles. The number of methoxy groups -OCH3 is 1. The van der Waals surface area contributed by atoms with E-state index in [1.165, 1.54) is 19.2 Å². The largest absolute Gasteiger partial charge is 0.375 e. The summed E-state index contributed by atoms with van der Waals surface area (Å²) in [7, 11) is 1.40. The van der Waals surface area contributed by atoms with E-state index in [1.54, 1.807) is 12.1 Å². The van der Waals surface area contributed by atoms with Gasteiger partial charge in [0.15, 0.2) is 0 Å². The van der Waals surface area contributed by atoms with Gasteiger partial charge < -0.3 is 10.1 Å². The highest BCUT2D eigenvalue weighted by atomic mass is 19.1. The van der Waals surface area contributed by atoms with E-state index in [9.17, 15) is 9.18 Å². The smallest absolute Gasteiger partial charge is 0.250 e. The van der Waals surface area contributed by atoms with Gasteiger partial charge in [0.25, 0.3) is 0 Å². The number of carbonyl (C=O) groups excluding carboxylic acids is 1. The molecule has 1 amide bonds. The average Bonchev–Trinajstić information content (AvgIpc) is 2.09. The monoisotopic (exact) mass is 183 g/mol. The molecule has 1 rings (SSSR count). The molecule has 0 atom stereocenters. The van der Waals surface area contributed by atoms with Crippen molar-refractivity contribution >= 4 is 11.6 Å². The molecule has 0 bridgehead atoms. The quantitative estimate of drug-likeness (QED) is 0.769. The van der Waals surface area contributed by atoms with Crippen LogP contribution in [0.5, 0.6) is 0 Å². The fourth-order valence-electron chi connectivity index (χ4n) is 0.880. The molecule has 0 saturated carbocycles. The van der Waals surface area contributed by atoms with Gasteiger partial charge in [-0.25, -0.2) is 4.39 Å². The molecule has 0 unspecified atom stereocenters. The first-order valence-corrected chi connectivity index (χ1v) is 3.77. The Morgan fingerprint density at radius 1 is 1.54 bits per heavy atom. The Balaban J connectivity index is 2.63. The van der Waals surface area contributed by atoms with Gasteiger partial charge in [0.1, 0.15) is 12.4 Å². The topological polar surface area (TPSA) is 38.3 Å². The summed E-state index contributed by atoms with van der Waals surface area (Å²) in [6.07, 6.45) is 0. The minimum Gasteiger partial charge on any atom is -0.375 e. The Labute approximate surface area is 75.5 Å². The molecule has 0 spiro atoms. The summed E-state index contributed by atoms with van der Waals surface area (Å²) < 4.78 is 17.5. The zero-order chi connectivity index (χ0) is 9.68. The zero-order valence-corrected chi connectivity index (χ0v) is 7.21. The Kier molecular flexibility index (Phi) is 3.40. The maximum Gasteiger partial charge on any atom is 0.250 e. The predicted molar refractivity (Wildman–Crippen MR) is 46.9 cm³/mol. The Morgan fingerprint density at radius 2 is 2.23 bits per heavy atom. The number of ether oxygens (including phenoxy) is 1. The number of nitrogens with one attached hydrogen (secondary N) is 1. The van der Waals surface area contributed by atoms with Crippen LogP contribution in [0.4, 0.5) is 10.1 Å².